The molecule has 1 atom stereocenters. The maximum atomic E-state index is 4.32. The van der Waals surface area contributed by atoms with Gasteiger partial charge in [0.05, 0.1) is 5.69 Å². The first kappa shape index (κ1) is 20.1. The van der Waals surface area contributed by atoms with Gasteiger partial charge in [0.1, 0.15) is 0 Å². The minimum atomic E-state index is 0. The lowest BCUT2D eigenvalue weighted by molar-refractivity contribution is 0.584. The van der Waals surface area contributed by atoms with Crippen LogP contribution in [-0.2, 0) is 6.54 Å². The molecule has 7 heteroatoms. The van der Waals surface area contributed by atoms with E-state index in [1.807, 2.05) is 24.0 Å². The molecule has 2 aromatic rings. The van der Waals surface area contributed by atoms with Crippen molar-refractivity contribution in [2.75, 3.05) is 19.3 Å². The smallest absolute Gasteiger partial charge is 0.191 e. The van der Waals surface area contributed by atoms with E-state index < -0.39 is 0 Å². The second-order valence-corrected chi connectivity index (χ2v) is 7.98. The molecule has 1 aromatic carbocycles. The highest BCUT2D eigenvalue weighted by Gasteiger charge is 2.29. The predicted octanol–water partition coefficient (Wildman–Crippen LogP) is 3.44. The minimum absolute atomic E-state index is 0. The molecule has 25 heavy (non-hydrogen) atoms. The third kappa shape index (κ3) is 5.64. The van der Waals surface area contributed by atoms with Crippen molar-refractivity contribution in [2.45, 2.75) is 31.1 Å². The number of benzene rings is 1. The molecule has 0 bridgehead atoms. The van der Waals surface area contributed by atoms with Crippen molar-refractivity contribution in [1.29, 1.82) is 0 Å². The van der Waals surface area contributed by atoms with Crippen LogP contribution in [-0.4, -0.2) is 39.8 Å². The summed E-state index contributed by atoms with van der Waals surface area (Å²) in [6, 6.07) is 10.3. The molecule has 2 heterocycles. The van der Waals surface area contributed by atoms with E-state index in [-0.39, 0.29) is 24.0 Å². The fourth-order valence-electron chi connectivity index (χ4n) is 2.84. The largest absolute Gasteiger partial charge is 0.355 e. The first-order chi connectivity index (χ1) is 11.7. The summed E-state index contributed by atoms with van der Waals surface area (Å²) in [4.78, 5) is 4.32. The van der Waals surface area contributed by atoms with Gasteiger partial charge in [-0.15, -0.1) is 24.0 Å². The Morgan fingerprint density at radius 1 is 1.32 bits per heavy atom. The van der Waals surface area contributed by atoms with Crippen LogP contribution < -0.4 is 10.6 Å². The van der Waals surface area contributed by atoms with E-state index in [1.54, 1.807) is 6.20 Å². The number of hydrogen-bond donors (Lipinski definition) is 2. The molecule has 1 aliphatic heterocycles. The van der Waals surface area contributed by atoms with Gasteiger partial charge in [-0.05, 0) is 49.3 Å². The zero-order chi connectivity index (χ0) is 16.8. The van der Waals surface area contributed by atoms with E-state index in [4.69, 9.17) is 0 Å². The van der Waals surface area contributed by atoms with E-state index >= 15 is 0 Å². The molecular weight excluding hydrogens is 445 g/mol. The predicted molar refractivity (Wildman–Crippen MR) is 117 cm³/mol. The van der Waals surface area contributed by atoms with Crippen LogP contribution in [0.25, 0.3) is 5.69 Å². The third-order valence-electron chi connectivity index (χ3n) is 4.32. The molecule has 5 nitrogen and oxygen atoms in total. The highest BCUT2D eigenvalue weighted by atomic mass is 127. The van der Waals surface area contributed by atoms with Gasteiger partial charge in [-0.3, -0.25) is 4.99 Å². The molecule has 1 aliphatic rings. The summed E-state index contributed by atoms with van der Waals surface area (Å²) >= 11 is 2.06. The monoisotopic (exact) mass is 471 g/mol. The second kappa shape index (κ2) is 9.47. The highest BCUT2D eigenvalue weighted by molar-refractivity contribution is 14.0. The van der Waals surface area contributed by atoms with Crippen LogP contribution in [0.4, 0.5) is 0 Å². The lowest BCUT2D eigenvalue weighted by Gasteiger charge is -2.24. The van der Waals surface area contributed by atoms with Crippen LogP contribution >= 0.6 is 35.7 Å². The van der Waals surface area contributed by atoms with E-state index in [9.17, 15) is 0 Å². The topological polar surface area (TPSA) is 54.2 Å². The molecular formula is C18H26IN5S. The van der Waals surface area contributed by atoms with Gasteiger partial charge in [-0.2, -0.15) is 16.9 Å². The molecule has 0 radical (unpaired) electrons. The Bertz CT molecular complexity index is 663. The van der Waals surface area contributed by atoms with Crippen LogP contribution in [0, 0.1) is 0 Å². The average Bonchev–Trinajstić information content (AvgIpc) is 3.28. The van der Waals surface area contributed by atoms with Gasteiger partial charge < -0.3 is 10.6 Å². The lowest BCUT2D eigenvalue weighted by atomic mass is 10.1. The van der Waals surface area contributed by atoms with Crippen molar-refractivity contribution in [3.8, 4) is 5.69 Å². The highest BCUT2D eigenvalue weighted by Crippen LogP contribution is 2.36. The van der Waals surface area contributed by atoms with Gasteiger partial charge in [0.25, 0.3) is 0 Å². The molecule has 1 unspecified atom stereocenters. The third-order valence-corrected chi connectivity index (χ3v) is 5.86. The van der Waals surface area contributed by atoms with Gasteiger partial charge in [0, 0.05) is 37.3 Å². The van der Waals surface area contributed by atoms with Crippen molar-refractivity contribution in [1.82, 2.24) is 20.4 Å². The molecule has 1 saturated heterocycles. The molecule has 0 amide bonds. The number of halogens is 1. The number of aliphatic imine (C=N–C) groups is 1. The molecule has 0 saturated carbocycles. The van der Waals surface area contributed by atoms with Crippen molar-refractivity contribution >= 4 is 41.7 Å². The van der Waals surface area contributed by atoms with Crippen molar-refractivity contribution in [2.24, 2.45) is 4.99 Å². The normalized spacial score (nSPS) is 20.2. The molecule has 2 N–H and O–H groups in total. The van der Waals surface area contributed by atoms with Gasteiger partial charge in [0.15, 0.2) is 5.96 Å². The molecule has 0 spiro atoms. The van der Waals surface area contributed by atoms with Gasteiger partial charge in [-0.1, -0.05) is 12.1 Å². The summed E-state index contributed by atoms with van der Waals surface area (Å²) in [5.41, 5.74) is 2.28. The second-order valence-electron chi connectivity index (χ2n) is 6.30. The van der Waals surface area contributed by atoms with Crippen LogP contribution in [0.2, 0.25) is 0 Å². The summed E-state index contributed by atoms with van der Waals surface area (Å²) in [5, 5.41) is 11.1. The zero-order valence-electron chi connectivity index (χ0n) is 14.7. The Morgan fingerprint density at radius 2 is 2.12 bits per heavy atom. The van der Waals surface area contributed by atoms with Crippen molar-refractivity contribution in [3.63, 3.8) is 0 Å². The fraction of sp³-hybridized carbons (Fsp3) is 0.444. The number of rotatable bonds is 5. The van der Waals surface area contributed by atoms with Crippen LogP contribution in [0.15, 0.2) is 47.7 Å². The van der Waals surface area contributed by atoms with E-state index in [0.29, 0.717) is 4.75 Å². The van der Waals surface area contributed by atoms with Gasteiger partial charge in [-0.25, -0.2) is 4.68 Å². The Balaban J connectivity index is 0.00000225. The average molecular weight is 471 g/mol. The number of aromatic nitrogens is 2. The number of hydrogen-bond acceptors (Lipinski definition) is 3. The SMILES string of the molecule is CN=C(NCc1ccc(-n2cccn2)cc1)NCC1(C)CCCS1.I. The van der Waals surface area contributed by atoms with E-state index in [2.05, 4.69) is 63.7 Å². The Hall–Kier alpha value is -1.22. The maximum Gasteiger partial charge on any atom is 0.191 e. The van der Waals surface area contributed by atoms with Crippen molar-refractivity contribution in [3.05, 3.63) is 48.3 Å². The standard InChI is InChI=1S/C18H25N5S.HI/c1-18(9-3-12-24-18)14-21-17(19-2)20-13-15-5-7-16(8-6-15)23-11-4-10-22-23;/h4-8,10-11H,3,9,12-14H2,1-2H3,(H2,19,20,21);1H. The summed E-state index contributed by atoms with van der Waals surface area (Å²) in [7, 11) is 1.82. The first-order valence-corrected chi connectivity index (χ1v) is 9.35. The van der Waals surface area contributed by atoms with Gasteiger partial charge >= 0.3 is 0 Å². The fourth-order valence-corrected chi connectivity index (χ4v) is 4.09. The Labute approximate surface area is 171 Å². The molecule has 0 aliphatic carbocycles. The summed E-state index contributed by atoms with van der Waals surface area (Å²) < 4.78 is 2.20. The number of nitrogens with zero attached hydrogens (tertiary/aromatic N) is 3. The van der Waals surface area contributed by atoms with Crippen molar-refractivity contribution < 1.29 is 0 Å². The quantitative estimate of drug-likeness (QED) is 0.399. The Kier molecular flexibility index (Phi) is 7.61. The molecule has 1 aromatic heterocycles. The number of guanidine groups is 1. The molecule has 1 fully saturated rings. The lowest BCUT2D eigenvalue weighted by Crippen LogP contribution is -2.43. The van der Waals surface area contributed by atoms with E-state index in [1.165, 1.54) is 24.2 Å². The molecule has 3 rings (SSSR count). The number of thioether (sulfide) groups is 1. The summed E-state index contributed by atoms with van der Waals surface area (Å²) in [5.74, 6) is 2.13. The van der Waals surface area contributed by atoms with Crippen LogP contribution in [0.3, 0.4) is 0 Å². The van der Waals surface area contributed by atoms with Crippen LogP contribution in [0.5, 0.6) is 0 Å². The zero-order valence-corrected chi connectivity index (χ0v) is 17.9. The van der Waals surface area contributed by atoms with Gasteiger partial charge in [0.2, 0.25) is 0 Å². The first-order valence-electron chi connectivity index (χ1n) is 8.36. The van der Waals surface area contributed by atoms with Crippen LogP contribution in [0.1, 0.15) is 25.3 Å². The minimum Gasteiger partial charge on any atom is -0.355 e. The molecule has 136 valence electrons. The summed E-state index contributed by atoms with van der Waals surface area (Å²) in [6.45, 7) is 4.04. The summed E-state index contributed by atoms with van der Waals surface area (Å²) in [6.07, 6.45) is 6.32. The number of nitrogens with one attached hydrogen (secondary N) is 2. The maximum absolute atomic E-state index is 4.32. The Morgan fingerprint density at radius 3 is 2.72 bits per heavy atom. The van der Waals surface area contributed by atoms with E-state index in [0.717, 1.165) is 24.7 Å².